The van der Waals surface area contributed by atoms with Crippen LogP contribution in [0.5, 0.6) is 0 Å². The molecule has 0 aliphatic rings. The van der Waals surface area contributed by atoms with Gasteiger partial charge in [-0.3, -0.25) is 0 Å². The van der Waals surface area contributed by atoms with Crippen LogP contribution in [0.4, 0.5) is 0 Å². The summed E-state index contributed by atoms with van der Waals surface area (Å²) < 4.78 is 7.21. The van der Waals surface area contributed by atoms with Gasteiger partial charge in [0.15, 0.2) is 0 Å². The van der Waals surface area contributed by atoms with Crippen LogP contribution in [0.25, 0.3) is 10.9 Å². The van der Waals surface area contributed by atoms with Gasteiger partial charge < -0.3 is 15.0 Å². The first kappa shape index (κ1) is 11.1. The molecule has 2 rings (SSSR count). The molecule has 0 spiro atoms. The minimum absolute atomic E-state index is 0.432. The molecule has 0 aliphatic carbocycles. The van der Waals surface area contributed by atoms with E-state index in [9.17, 15) is 0 Å². The lowest BCUT2D eigenvalue weighted by Crippen LogP contribution is -2.09. The second-order valence-corrected chi connectivity index (χ2v) is 4.08. The highest BCUT2D eigenvalue weighted by molar-refractivity contribution is 7.80. The van der Waals surface area contributed by atoms with Crippen LogP contribution < -0.4 is 5.73 Å². The zero-order valence-corrected chi connectivity index (χ0v) is 9.96. The van der Waals surface area contributed by atoms with Gasteiger partial charge in [-0.05, 0) is 17.5 Å². The molecular weight excluding hydrogens is 220 g/mol. The summed E-state index contributed by atoms with van der Waals surface area (Å²) in [6, 6.07) is 8.08. The lowest BCUT2D eigenvalue weighted by atomic mass is 10.1. The number of thiocarbonyl (C=S) groups is 1. The quantitative estimate of drug-likeness (QED) is 0.822. The summed E-state index contributed by atoms with van der Waals surface area (Å²) in [7, 11) is 1.70. The topological polar surface area (TPSA) is 40.2 Å². The van der Waals surface area contributed by atoms with Crippen LogP contribution in [0.3, 0.4) is 0 Å². The summed E-state index contributed by atoms with van der Waals surface area (Å²) in [6.45, 7) is 1.53. The summed E-state index contributed by atoms with van der Waals surface area (Å²) in [6.07, 6.45) is 2.05. The predicted molar refractivity (Wildman–Crippen MR) is 69.7 cm³/mol. The molecule has 0 bridgehead atoms. The Morgan fingerprint density at radius 1 is 1.44 bits per heavy atom. The molecule has 84 valence electrons. The minimum Gasteiger partial charge on any atom is -0.389 e. The van der Waals surface area contributed by atoms with Gasteiger partial charge in [-0.25, -0.2) is 0 Å². The van der Waals surface area contributed by atoms with E-state index in [4.69, 9.17) is 22.7 Å². The Labute approximate surface area is 99.8 Å². The Morgan fingerprint density at radius 2 is 2.25 bits per heavy atom. The Bertz CT molecular complexity index is 519. The molecule has 0 aliphatic heterocycles. The second kappa shape index (κ2) is 4.63. The maximum Gasteiger partial charge on any atom is 0.104 e. The van der Waals surface area contributed by atoms with Crippen molar-refractivity contribution in [1.82, 2.24) is 4.57 Å². The van der Waals surface area contributed by atoms with Crippen molar-refractivity contribution in [3.8, 4) is 0 Å². The molecule has 2 aromatic rings. The van der Waals surface area contributed by atoms with Crippen LogP contribution in [-0.2, 0) is 11.3 Å². The summed E-state index contributed by atoms with van der Waals surface area (Å²) in [4.78, 5) is 0.432. The van der Waals surface area contributed by atoms with Gasteiger partial charge >= 0.3 is 0 Å². The molecule has 0 saturated heterocycles. The van der Waals surface area contributed by atoms with E-state index in [1.165, 1.54) is 5.39 Å². The fraction of sp³-hybridized carbons (Fsp3) is 0.250. The molecule has 0 amide bonds. The summed E-state index contributed by atoms with van der Waals surface area (Å²) in [5, 5.41) is 1.19. The van der Waals surface area contributed by atoms with Crippen molar-refractivity contribution in [3.05, 3.63) is 36.0 Å². The average Bonchev–Trinajstić information content (AvgIpc) is 2.68. The number of benzene rings is 1. The van der Waals surface area contributed by atoms with E-state index in [1.54, 1.807) is 7.11 Å². The SMILES string of the molecule is COCCn1ccc2ccc(C(N)=S)cc21. The normalized spacial score (nSPS) is 10.8. The van der Waals surface area contributed by atoms with Crippen LogP contribution in [-0.4, -0.2) is 23.3 Å². The number of hydrogen-bond donors (Lipinski definition) is 1. The molecule has 4 heteroatoms. The summed E-state index contributed by atoms with van der Waals surface area (Å²) in [5.41, 5.74) is 7.66. The van der Waals surface area contributed by atoms with E-state index >= 15 is 0 Å². The zero-order valence-electron chi connectivity index (χ0n) is 9.14. The highest BCUT2D eigenvalue weighted by atomic mass is 32.1. The number of aromatic nitrogens is 1. The predicted octanol–water partition coefficient (Wildman–Crippen LogP) is 1.92. The van der Waals surface area contributed by atoms with E-state index in [1.807, 2.05) is 24.4 Å². The number of hydrogen-bond acceptors (Lipinski definition) is 2. The Balaban J connectivity index is 2.43. The molecule has 16 heavy (non-hydrogen) atoms. The third-order valence-corrected chi connectivity index (χ3v) is 2.83. The van der Waals surface area contributed by atoms with Crippen LogP contribution in [0.15, 0.2) is 30.5 Å². The third kappa shape index (κ3) is 2.08. The van der Waals surface area contributed by atoms with Gasteiger partial charge in [0.1, 0.15) is 4.99 Å². The molecule has 3 nitrogen and oxygen atoms in total. The first-order valence-electron chi connectivity index (χ1n) is 5.10. The lowest BCUT2D eigenvalue weighted by Gasteiger charge is -2.05. The van der Waals surface area contributed by atoms with Crippen molar-refractivity contribution in [2.24, 2.45) is 5.73 Å². The van der Waals surface area contributed by atoms with Crippen LogP contribution in [0.1, 0.15) is 5.56 Å². The maximum atomic E-state index is 5.62. The number of rotatable bonds is 4. The van der Waals surface area contributed by atoms with Gasteiger partial charge in [0.25, 0.3) is 0 Å². The molecule has 0 fully saturated rings. The molecular formula is C12H14N2OS. The number of fused-ring (bicyclic) bond motifs is 1. The van der Waals surface area contributed by atoms with Gasteiger partial charge in [-0.1, -0.05) is 24.4 Å². The molecule has 1 heterocycles. The molecule has 1 aromatic heterocycles. The lowest BCUT2D eigenvalue weighted by molar-refractivity contribution is 0.188. The number of methoxy groups -OCH3 is 1. The molecule has 0 radical (unpaired) electrons. The van der Waals surface area contributed by atoms with E-state index < -0.39 is 0 Å². The van der Waals surface area contributed by atoms with Gasteiger partial charge in [0.05, 0.1) is 6.61 Å². The number of nitrogens with two attached hydrogens (primary N) is 1. The van der Waals surface area contributed by atoms with Crippen molar-refractivity contribution in [3.63, 3.8) is 0 Å². The highest BCUT2D eigenvalue weighted by Crippen LogP contribution is 2.17. The summed E-state index contributed by atoms with van der Waals surface area (Å²) >= 11 is 4.97. The first-order valence-corrected chi connectivity index (χ1v) is 5.51. The number of ether oxygens (including phenoxy) is 1. The van der Waals surface area contributed by atoms with Crippen LogP contribution in [0.2, 0.25) is 0 Å². The van der Waals surface area contributed by atoms with E-state index in [-0.39, 0.29) is 0 Å². The standard InChI is InChI=1S/C12H14N2OS/c1-15-7-6-14-5-4-9-2-3-10(12(13)16)8-11(9)14/h2-5,8H,6-7H2,1H3,(H2,13,16). The van der Waals surface area contributed by atoms with Crippen molar-refractivity contribution >= 4 is 28.1 Å². The number of nitrogens with zero attached hydrogens (tertiary/aromatic N) is 1. The van der Waals surface area contributed by atoms with E-state index in [2.05, 4.69) is 10.6 Å². The van der Waals surface area contributed by atoms with Gasteiger partial charge in [-0.2, -0.15) is 0 Å². The minimum atomic E-state index is 0.432. The molecule has 1 aromatic carbocycles. The van der Waals surface area contributed by atoms with Gasteiger partial charge in [0, 0.05) is 30.9 Å². The van der Waals surface area contributed by atoms with Crippen molar-refractivity contribution < 1.29 is 4.74 Å². The van der Waals surface area contributed by atoms with Crippen molar-refractivity contribution in [2.75, 3.05) is 13.7 Å². The Hall–Kier alpha value is -1.39. The molecule has 0 atom stereocenters. The van der Waals surface area contributed by atoms with Gasteiger partial charge in [0.2, 0.25) is 0 Å². The maximum absolute atomic E-state index is 5.62. The average molecular weight is 234 g/mol. The molecule has 0 saturated carbocycles. The largest absolute Gasteiger partial charge is 0.389 e. The van der Waals surface area contributed by atoms with Crippen molar-refractivity contribution in [2.45, 2.75) is 6.54 Å². The molecule has 0 unspecified atom stereocenters. The smallest absolute Gasteiger partial charge is 0.104 e. The van der Waals surface area contributed by atoms with E-state index in [0.717, 1.165) is 17.6 Å². The Morgan fingerprint density at radius 3 is 2.94 bits per heavy atom. The van der Waals surface area contributed by atoms with Crippen LogP contribution >= 0.6 is 12.2 Å². The monoisotopic (exact) mass is 234 g/mol. The van der Waals surface area contributed by atoms with Crippen molar-refractivity contribution in [1.29, 1.82) is 0 Å². The molecule has 2 N–H and O–H groups in total. The third-order valence-electron chi connectivity index (χ3n) is 2.59. The highest BCUT2D eigenvalue weighted by Gasteiger charge is 2.03. The van der Waals surface area contributed by atoms with Gasteiger partial charge in [-0.15, -0.1) is 0 Å². The fourth-order valence-corrected chi connectivity index (χ4v) is 1.85. The summed E-state index contributed by atoms with van der Waals surface area (Å²) in [5.74, 6) is 0. The zero-order chi connectivity index (χ0) is 11.5. The Kier molecular flexibility index (Phi) is 3.22. The second-order valence-electron chi connectivity index (χ2n) is 3.64. The van der Waals surface area contributed by atoms with E-state index in [0.29, 0.717) is 11.6 Å². The fourth-order valence-electron chi connectivity index (χ4n) is 1.72. The first-order chi connectivity index (χ1) is 7.72. The van der Waals surface area contributed by atoms with Crippen LogP contribution in [0, 0.1) is 0 Å².